The first-order valence-corrected chi connectivity index (χ1v) is 8.67. The summed E-state index contributed by atoms with van der Waals surface area (Å²) >= 11 is 1.56. The predicted octanol–water partition coefficient (Wildman–Crippen LogP) is 2.43. The lowest BCUT2D eigenvalue weighted by atomic mass is 10.1. The number of nitrogens with one attached hydrogen (secondary N) is 1. The van der Waals surface area contributed by atoms with E-state index in [1.807, 2.05) is 32.2 Å². The van der Waals surface area contributed by atoms with Crippen LogP contribution in [0.25, 0.3) is 0 Å². The largest absolute Gasteiger partial charge is 0.454 e. The van der Waals surface area contributed by atoms with E-state index >= 15 is 0 Å². The summed E-state index contributed by atoms with van der Waals surface area (Å²) in [7, 11) is 1.89. The van der Waals surface area contributed by atoms with Gasteiger partial charge in [-0.2, -0.15) is 0 Å². The maximum Gasteiger partial charge on any atom is 0.294 e. The molecule has 1 aliphatic rings. The van der Waals surface area contributed by atoms with Gasteiger partial charge < -0.3 is 19.6 Å². The second-order valence-corrected chi connectivity index (χ2v) is 6.72. The Balaban J connectivity index is 1.69. The fourth-order valence-electron chi connectivity index (χ4n) is 2.66. The molecule has 134 valence electrons. The maximum absolute atomic E-state index is 10.3. The molecule has 1 aromatic carbocycles. The number of aryl methyl sites for hydroxylation is 1. The van der Waals surface area contributed by atoms with E-state index in [0.29, 0.717) is 6.42 Å². The first-order valence-electron chi connectivity index (χ1n) is 7.86. The van der Waals surface area contributed by atoms with Crippen molar-refractivity contribution in [1.82, 2.24) is 10.3 Å². The van der Waals surface area contributed by atoms with Crippen LogP contribution in [0.5, 0.6) is 11.5 Å². The Morgan fingerprint density at radius 1 is 1.44 bits per heavy atom. The molecule has 1 aliphatic heterocycles. The summed E-state index contributed by atoms with van der Waals surface area (Å²) in [4.78, 5) is 20.3. The summed E-state index contributed by atoms with van der Waals surface area (Å²) in [5.74, 6) is 1.53. The minimum absolute atomic E-state index is 0.0435. The summed E-state index contributed by atoms with van der Waals surface area (Å²) < 4.78 is 10.8. The van der Waals surface area contributed by atoms with Crippen LogP contribution < -0.4 is 14.8 Å². The van der Waals surface area contributed by atoms with E-state index in [1.165, 1.54) is 0 Å². The highest BCUT2D eigenvalue weighted by Crippen LogP contribution is 2.34. The molecule has 3 rings (SSSR count). The van der Waals surface area contributed by atoms with E-state index in [2.05, 4.69) is 15.1 Å². The zero-order chi connectivity index (χ0) is 17.8. The second kappa shape index (κ2) is 7.66. The van der Waals surface area contributed by atoms with Gasteiger partial charge in [0.05, 0.1) is 11.7 Å². The highest BCUT2D eigenvalue weighted by atomic mass is 32.1. The van der Waals surface area contributed by atoms with E-state index in [0.717, 1.165) is 39.1 Å². The van der Waals surface area contributed by atoms with Crippen molar-refractivity contribution in [2.24, 2.45) is 0 Å². The number of likely N-dealkylation sites (N-methyl/N-ethyl adjacent to an activating group) is 1. The van der Waals surface area contributed by atoms with Crippen molar-refractivity contribution in [3.63, 3.8) is 0 Å². The van der Waals surface area contributed by atoms with Crippen molar-refractivity contribution in [2.45, 2.75) is 25.8 Å². The van der Waals surface area contributed by atoms with Gasteiger partial charge in [-0.25, -0.2) is 4.98 Å². The minimum atomic E-state index is -0.771. The van der Waals surface area contributed by atoms with Crippen LogP contribution in [0.1, 0.15) is 27.2 Å². The smallest absolute Gasteiger partial charge is 0.294 e. The van der Waals surface area contributed by atoms with Crippen LogP contribution in [0.4, 0.5) is 0 Å². The van der Waals surface area contributed by atoms with Gasteiger partial charge in [0, 0.05) is 11.3 Å². The Hall–Kier alpha value is -2.39. The monoisotopic (exact) mass is 365 g/mol. The number of benzene rings is 1. The van der Waals surface area contributed by atoms with Crippen molar-refractivity contribution >= 4 is 11.3 Å². The molecule has 0 aliphatic carbocycles. The molecule has 1 atom stereocenters. The first-order chi connectivity index (χ1) is 12.1. The molecular formula is C16H19N3O5S. The van der Waals surface area contributed by atoms with Crippen LogP contribution in [0.15, 0.2) is 18.2 Å². The second-order valence-electron chi connectivity index (χ2n) is 5.60. The third kappa shape index (κ3) is 4.18. The van der Waals surface area contributed by atoms with E-state index in [4.69, 9.17) is 9.47 Å². The molecule has 25 heavy (non-hydrogen) atoms. The van der Waals surface area contributed by atoms with Crippen molar-refractivity contribution in [3.8, 4) is 11.5 Å². The van der Waals surface area contributed by atoms with Crippen LogP contribution in [0.2, 0.25) is 0 Å². The van der Waals surface area contributed by atoms with Crippen LogP contribution >= 0.6 is 11.3 Å². The standard InChI is InChI=1S/C16H19N3O5S/c1-10-15(5-6-24-19(20)21)25-16(18-10)12(17-2)7-11-3-4-13-14(8-11)23-9-22-13/h3-4,8,12,17H,5-7,9H2,1-2H3. The number of rotatable bonds is 8. The Kier molecular flexibility index (Phi) is 5.34. The molecule has 0 saturated carbocycles. The third-order valence-electron chi connectivity index (χ3n) is 3.96. The van der Waals surface area contributed by atoms with E-state index < -0.39 is 5.09 Å². The minimum Gasteiger partial charge on any atom is -0.454 e. The van der Waals surface area contributed by atoms with Crippen LogP contribution in [0, 0.1) is 17.0 Å². The van der Waals surface area contributed by atoms with Crippen molar-refractivity contribution < 1.29 is 19.4 Å². The van der Waals surface area contributed by atoms with E-state index in [1.54, 1.807) is 11.3 Å². The summed E-state index contributed by atoms with van der Waals surface area (Å²) in [6, 6.07) is 5.97. The Morgan fingerprint density at radius 3 is 3.00 bits per heavy atom. The molecular weight excluding hydrogens is 346 g/mol. The molecule has 0 fully saturated rings. The van der Waals surface area contributed by atoms with Gasteiger partial charge in [-0.3, -0.25) is 0 Å². The summed E-state index contributed by atoms with van der Waals surface area (Å²) in [5, 5.41) is 13.7. The molecule has 0 saturated heterocycles. The van der Waals surface area contributed by atoms with E-state index in [-0.39, 0.29) is 19.4 Å². The Bertz CT molecular complexity index is 764. The maximum atomic E-state index is 10.3. The van der Waals surface area contributed by atoms with Gasteiger partial charge in [-0.05, 0) is 38.1 Å². The summed E-state index contributed by atoms with van der Waals surface area (Å²) in [6.45, 7) is 2.21. The van der Waals surface area contributed by atoms with E-state index in [9.17, 15) is 10.1 Å². The molecule has 9 heteroatoms. The Morgan fingerprint density at radius 2 is 2.24 bits per heavy atom. The number of nitrogens with zero attached hydrogens (tertiary/aromatic N) is 2. The van der Waals surface area contributed by atoms with Crippen LogP contribution in [0.3, 0.4) is 0 Å². The van der Waals surface area contributed by atoms with Gasteiger partial charge in [-0.15, -0.1) is 21.5 Å². The Labute approximate surface area is 148 Å². The molecule has 0 bridgehead atoms. The zero-order valence-corrected chi connectivity index (χ0v) is 14.8. The topological polar surface area (TPSA) is 95.8 Å². The molecule has 8 nitrogen and oxygen atoms in total. The first kappa shape index (κ1) is 17.4. The summed E-state index contributed by atoms with van der Waals surface area (Å²) in [5.41, 5.74) is 2.01. The predicted molar refractivity (Wildman–Crippen MR) is 91.6 cm³/mol. The zero-order valence-electron chi connectivity index (χ0n) is 14.0. The van der Waals surface area contributed by atoms with Crippen LogP contribution in [-0.4, -0.2) is 30.5 Å². The van der Waals surface area contributed by atoms with Gasteiger partial charge >= 0.3 is 0 Å². The van der Waals surface area contributed by atoms with Gasteiger partial charge in [0.1, 0.15) is 11.6 Å². The average Bonchev–Trinajstić information content (AvgIpc) is 3.18. The van der Waals surface area contributed by atoms with Crippen molar-refractivity contribution in [1.29, 1.82) is 0 Å². The molecule has 2 aromatic rings. The summed E-state index contributed by atoms with van der Waals surface area (Å²) in [6.07, 6.45) is 1.23. The van der Waals surface area contributed by atoms with Gasteiger partial charge in [0.25, 0.3) is 5.09 Å². The third-order valence-corrected chi connectivity index (χ3v) is 5.29. The fourth-order valence-corrected chi connectivity index (χ4v) is 3.82. The van der Waals surface area contributed by atoms with Gasteiger partial charge in [0.15, 0.2) is 11.5 Å². The normalized spacial score (nSPS) is 13.7. The average molecular weight is 365 g/mol. The fraction of sp³-hybridized carbons (Fsp3) is 0.438. The number of fused-ring (bicyclic) bond motifs is 1. The molecule has 0 amide bonds. The lowest BCUT2D eigenvalue weighted by molar-refractivity contribution is -0.757. The molecule has 1 aromatic heterocycles. The van der Waals surface area contributed by atoms with Crippen molar-refractivity contribution in [3.05, 3.63) is 49.5 Å². The molecule has 0 radical (unpaired) electrons. The quantitative estimate of drug-likeness (QED) is 0.567. The SMILES string of the molecule is CNC(Cc1ccc2c(c1)OCO2)c1nc(C)c(CCO[N+](=O)[O-])s1. The molecule has 1 N–H and O–H groups in total. The number of hydrogen-bond donors (Lipinski definition) is 1. The lowest BCUT2D eigenvalue weighted by Gasteiger charge is -2.13. The van der Waals surface area contributed by atoms with Crippen LogP contribution in [-0.2, 0) is 17.7 Å². The van der Waals surface area contributed by atoms with Gasteiger partial charge in [0.2, 0.25) is 6.79 Å². The number of ether oxygens (including phenoxy) is 2. The number of aromatic nitrogens is 1. The number of hydrogen-bond acceptors (Lipinski definition) is 8. The molecule has 0 spiro atoms. The highest BCUT2D eigenvalue weighted by molar-refractivity contribution is 7.11. The number of thiazole rings is 1. The highest BCUT2D eigenvalue weighted by Gasteiger charge is 2.19. The molecule has 1 unspecified atom stereocenters. The lowest BCUT2D eigenvalue weighted by Crippen LogP contribution is -2.18. The van der Waals surface area contributed by atoms with Gasteiger partial charge in [-0.1, -0.05) is 6.07 Å². The van der Waals surface area contributed by atoms with Crippen molar-refractivity contribution in [2.75, 3.05) is 20.4 Å². The molecule has 2 heterocycles.